The Morgan fingerprint density at radius 3 is 1.11 bits per heavy atom. The van der Waals surface area contributed by atoms with Crippen LogP contribution in [0.15, 0.2) is 169 Å². The van der Waals surface area contributed by atoms with E-state index in [4.69, 9.17) is 0 Å². The van der Waals surface area contributed by atoms with Crippen LogP contribution >= 0.6 is 0 Å². The Labute approximate surface area is 219 Å². The normalized spacial score (nSPS) is 10.8. The molecular weight excluding hydrogens is 466 g/mol. The molecule has 0 aromatic heterocycles. The van der Waals surface area contributed by atoms with Crippen molar-refractivity contribution in [3.63, 3.8) is 0 Å². The van der Waals surface area contributed by atoms with Crippen molar-refractivity contribution in [2.45, 2.75) is 0 Å². The maximum absolute atomic E-state index is 14.9. The SMILES string of the molecule is C=C=C(C(=O)N(c1ccccc1)c1ccccc1)[Si](c1ccccc1)(c1ccccc1)c1ccccc1. The zero-order chi connectivity index (χ0) is 25.5. The number of carbonyl (C=O) groups excluding carboxylic acids is 1. The van der Waals surface area contributed by atoms with Gasteiger partial charge in [-0.3, -0.25) is 9.69 Å². The molecule has 178 valence electrons. The van der Waals surface area contributed by atoms with Crippen LogP contribution in [0.3, 0.4) is 0 Å². The number of hydrogen-bond acceptors (Lipinski definition) is 1. The highest BCUT2D eigenvalue weighted by molar-refractivity contribution is 7.18. The minimum Gasteiger partial charge on any atom is -0.277 e. The van der Waals surface area contributed by atoms with Gasteiger partial charge in [0.25, 0.3) is 5.91 Å². The van der Waals surface area contributed by atoms with Gasteiger partial charge < -0.3 is 0 Å². The predicted molar refractivity (Wildman–Crippen MR) is 157 cm³/mol. The maximum Gasteiger partial charge on any atom is 0.263 e. The van der Waals surface area contributed by atoms with Crippen molar-refractivity contribution in [1.29, 1.82) is 0 Å². The smallest absolute Gasteiger partial charge is 0.263 e. The molecule has 0 atom stereocenters. The summed E-state index contributed by atoms with van der Waals surface area (Å²) in [5.74, 6) is -0.129. The molecule has 0 aliphatic rings. The fourth-order valence-electron chi connectivity index (χ4n) is 5.02. The van der Waals surface area contributed by atoms with Gasteiger partial charge in [0.05, 0.1) is 5.20 Å². The summed E-state index contributed by atoms with van der Waals surface area (Å²) in [5.41, 5.74) is 4.79. The average Bonchev–Trinajstić information content (AvgIpc) is 2.98. The Morgan fingerprint density at radius 1 is 0.514 bits per heavy atom. The van der Waals surface area contributed by atoms with Gasteiger partial charge in [-0.25, -0.2) is 0 Å². The van der Waals surface area contributed by atoms with Crippen LogP contribution in [0.4, 0.5) is 11.4 Å². The summed E-state index contributed by atoms with van der Waals surface area (Å²) in [4.78, 5) is 16.6. The molecule has 0 aliphatic heterocycles. The molecule has 1 amide bonds. The van der Waals surface area contributed by atoms with Crippen molar-refractivity contribution in [2.75, 3.05) is 4.90 Å². The summed E-state index contributed by atoms with van der Waals surface area (Å²) in [6.07, 6.45) is 0. The van der Waals surface area contributed by atoms with E-state index in [0.29, 0.717) is 5.20 Å². The van der Waals surface area contributed by atoms with E-state index in [9.17, 15) is 4.79 Å². The van der Waals surface area contributed by atoms with Gasteiger partial charge >= 0.3 is 0 Å². The van der Waals surface area contributed by atoms with Gasteiger partial charge in [-0.15, -0.1) is 5.73 Å². The Bertz CT molecular complexity index is 1380. The summed E-state index contributed by atoms with van der Waals surface area (Å²) < 4.78 is 0. The van der Waals surface area contributed by atoms with E-state index in [-0.39, 0.29) is 5.91 Å². The van der Waals surface area contributed by atoms with Gasteiger partial charge in [0.15, 0.2) is 8.07 Å². The minimum atomic E-state index is -3.09. The van der Waals surface area contributed by atoms with Crippen molar-refractivity contribution in [2.24, 2.45) is 0 Å². The summed E-state index contributed by atoms with van der Waals surface area (Å²) in [6, 6.07) is 50.6. The summed E-state index contributed by atoms with van der Waals surface area (Å²) in [6.45, 7) is 4.12. The number of rotatable bonds is 7. The van der Waals surface area contributed by atoms with E-state index in [1.807, 2.05) is 115 Å². The lowest BCUT2D eigenvalue weighted by atomic mass is 10.2. The molecule has 0 fully saturated rings. The van der Waals surface area contributed by atoms with Gasteiger partial charge in [-0.05, 0) is 39.8 Å². The van der Waals surface area contributed by atoms with Crippen LogP contribution in [-0.2, 0) is 4.79 Å². The molecule has 0 spiro atoms. The van der Waals surface area contributed by atoms with E-state index in [1.54, 1.807) is 4.90 Å². The van der Waals surface area contributed by atoms with Crippen molar-refractivity contribution in [1.82, 2.24) is 0 Å². The number of benzene rings is 5. The molecule has 2 nitrogen and oxygen atoms in total. The topological polar surface area (TPSA) is 20.3 Å². The van der Waals surface area contributed by atoms with Crippen LogP contribution in [-0.4, -0.2) is 14.0 Å². The summed E-state index contributed by atoms with van der Waals surface area (Å²) in [7, 11) is -3.09. The molecule has 37 heavy (non-hydrogen) atoms. The first-order valence-corrected chi connectivity index (χ1v) is 14.3. The first kappa shape index (κ1) is 24.0. The van der Waals surface area contributed by atoms with Gasteiger partial charge in [0.1, 0.15) is 0 Å². The highest BCUT2D eigenvalue weighted by Gasteiger charge is 2.47. The number of anilines is 2. The van der Waals surface area contributed by atoms with Crippen molar-refractivity contribution in [3.05, 3.63) is 169 Å². The van der Waals surface area contributed by atoms with Gasteiger partial charge in [-0.1, -0.05) is 134 Å². The van der Waals surface area contributed by atoms with Crippen molar-refractivity contribution >= 4 is 40.9 Å². The van der Waals surface area contributed by atoms with Crippen molar-refractivity contribution < 1.29 is 4.79 Å². The van der Waals surface area contributed by atoms with Crippen LogP contribution in [0, 0.1) is 0 Å². The molecule has 0 N–H and O–H groups in total. The fraction of sp³-hybridized carbons (Fsp3) is 0. The van der Waals surface area contributed by atoms with E-state index in [2.05, 4.69) is 48.7 Å². The van der Waals surface area contributed by atoms with Crippen molar-refractivity contribution in [3.8, 4) is 0 Å². The Morgan fingerprint density at radius 2 is 0.811 bits per heavy atom. The number of nitrogens with zero attached hydrogens (tertiary/aromatic N) is 1. The second kappa shape index (κ2) is 10.9. The standard InChI is InChI=1S/C34H27NOSi/c1-2-33(34(36)35(28-18-8-3-9-19-28)29-20-10-4-11-21-29)37(30-22-12-5-13-23-30,31-24-14-6-15-25-31)32-26-16-7-17-27-32/h3-27H,1H2. The molecule has 0 radical (unpaired) electrons. The third-order valence-corrected chi connectivity index (χ3v) is 11.4. The van der Waals surface area contributed by atoms with E-state index >= 15 is 0 Å². The molecule has 5 rings (SSSR count). The zero-order valence-electron chi connectivity index (χ0n) is 20.5. The van der Waals surface area contributed by atoms with E-state index in [0.717, 1.165) is 26.9 Å². The first-order chi connectivity index (χ1) is 18.3. The lowest BCUT2D eigenvalue weighted by Gasteiger charge is -2.36. The van der Waals surface area contributed by atoms with Gasteiger partial charge in [0, 0.05) is 11.4 Å². The monoisotopic (exact) mass is 493 g/mol. The second-order valence-electron chi connectivity index (χ2n) is 8.71. The van der Waals surface area contributed by atoms with E-state index in [1.165, 1.54) is 0 Å². The fourth-order valence-corrected chi connectivity index (χ4v) is 9.66. The van der Waals surface area contributed by atoms with E-state index < -0.39 is 8.07 Å². The van der Waals surface area contributed by atoms with Crippen LogP contribution < -0.4 is 20.5 Å². The number of hydrogen-bond donors (Lipinski definition) is 0. The highest BCUT2D eigenvalue weighted by atomic mass is 28.3. The second-order valence-corrected chi connectivity index (χ2v) is 12.4. The Hall–Kier alpha value is -4.69. The lowest BCUT2D eigenvalue weighted by Crippen LogP contribution is -2.70. The quantitative estimate of drug-likeness (QED) is 0.122. The Kier molecular flexibility index (Phi) is 7.09. The molecule has 0 bridgehead atoms. The predicted octanol–water partition coefficient (Wildman–Crippen LogP) is 5.77. The van der Waals surface area contributed by atoms with Crippen LogP contribution in [0.5, 0.6) is 0 Å². The van der Waals surface area contributed by atoms with Gasteiger partial charge in [-0.2, -0.15) is 0 Å². The highest BCUT2D eigenvalue weighted by Crippen LogP contribution is 2.29. The maximum atomic E-state index is 14.9. The molecule has 0 saturated heterocycles. The molecule has 5 aromatic rings. The lowest BCUT2D eigenvalue weighted by molar-refractivity contribution is -0.113. The number of amides is 1. The Balaban J connectivity index is 1.83. The third-order valence-electron chi connectivity index (χ3n) is 6.62. The summed E-state index contributed by atoms with van der Waals surface area (Å²) in [5, 5.41) is 3.90. The van der Waals surface area contributed by atoms with Gasteiger partial charge in [0.2, 0.25) is 0 Å². The molecule has 0 heterocycles. The number of carbonyl (C=O) groups is 1. The zero-order valence-corrected chi connectivity index (χ0v) is 21.5. The molecule has 5 aromatic carbocycles. The number of para-hydroxylation sites is 2. The first-order valence-electron chi connectivity index (χ1n) is 12.3. The largest absolute Gasteiger partial charge is 0.277 e. The van der Waals surface area contributed by atoms with Crippen LogP contribution in [0.25, 0.3) is 0 Å². The minimum absolute atomic E-state index is 0.129. The molecular formula is C34H27NOSi. The van der Waals surface area contributed by atoms with Crippen LogP contribution in [0.2, 0.25) is 0 Å². The van der Waals surface area contributed by atoms with Crippen LogP contribution in [0.1, 0.15) is 0 Å². The molecule has 0 saturated carbocycles. The molecule has 0 unspecified atom stereocenters. The summed E-state index contributed by atoms with van der Waals surface area (Å²) >= 11 is 0. The molecule has 0 aliphatic carbocycles. The third kappa shape index (κ3) is 4.50. The average molecular weight is 494 g/mol. The molecule has 3 heteroatoms.